The Hall–Kier alpha value is -2.39. The summed E-state index contributed by atoms with van der Waals surface area (Å²) in [5.41, 5.74) is -0.295. The summed E-state index contributed by atoms with van der Waals surface area (Å²) in [7, 11) is 2.81. The van der Waals surface area contributed by atoms with E-state index in [9.17, 15) is 14.9 Å². The minimum Gasteiger partial charge on any atom is -0.493 e. The van der Waals surface area contributed by atoms with Gasteiger partial charge in [0, 0.05) is 25.1 Å². The van der Waals surface area contributed by atoms with E-state index in [0.717, 1.165) is 12.8 Å². The van der Waals surface area contributed by atoms with Crippen LogP contribution in [0, 0.1) is 16.0 Å². The highest BCUT2D eigenvalue weighted by atomic mass is 16.7. The van der Waals surface area contributed by atoms with Gasteiger partial charge in [-0.1, -0.05) is 0 Å². The summed E-state index contributed by atoms with van der Waals surface area (Å²) >= 11 is 0. The van der Waals surface area contributed by atoms with Crippen LogP contribution in [0.5, 0.6) is 11.5 Å². The van der Waals surface area contributed by atoms with Gasteiger partial charge >= 0.3 is 0 Å². The highest BCUT2D eigenvalue weighted by Crippen LogP contribution is 2.36. The number of rotatable bonds is 5. The summed E-state index contributed by atoms with van der Waals surface area (Å²) in [5, 5.41) is 11.4. The molecule has 9 nitrogen and oxygen atoms in total. The number of piperidine rings is 1. The molecule has 2 aliphatic rings. The molecule has 1 amide bonds. The van der Waals surface area contributed by atoms with Crippen molar-refractivity contribution < 1.29 is 28.7 Å². The Bertz CT molecular complexity index is 680. The molecule has 0 spiro atoms. The van der Waals surface area contributed by atoms with Crippen LogP contribution in [-0.4, -0.2) is 62.5 Å². The molecule has 142 valence electrons. The molecule has 0 radical (unpaired) electrons. The van der Waals surface area contributed by atoms with Gasteiger partial charge in [0.2, 0.25) is 0 Å². The molecule has 2 aliphatic heterocycles. The highest BCUT2D eigenvalue weighted by molar-refractivity contribution is 5.99. The summed E-state index contributed by atoms with van der Waals surface area (Å²) in [6, 6.07) is 2.59. The molecule has 2 saturated heterocycles. The summed E-state index contributed by atoms with van der Waals surface area (Å²) in [5.74, 6) is 0.348. The number of hydrogen-bond acceptors (Lipinski definition) is 7. The van der Waals surface area contributed by atoms with Crippen LogP contribution in [0.4, 0.5) is 5.69 Å². The maximum Gasteiger partial charge on any atom is 0.286 e. The smallest absolute Gasteiger partial charge is 0.286 e. The average molecular weight is 366 g/mol. The predicted octanol–water partition coefficient (Wildman–Crippen LogP) is 1.84. The fourth-order valence-electron chi connectivity index (χ4n) is 3.38. The summed E-state index contributed by atoms with van der Waals surface area (Å²) in [4.78, 5) is 25.3. The van der Waals surface area contributed by atoms with Crippen molar-refractivity contribution in [2.24, 2.45) is 5.92 Å². The van der Waals surface area contributed by atoms with Crippen LogP contribution in [0.2, 0.25) is 0 Å². The van der Waals surface area contributed by atoms with Crippen LogP contribution in [0.15, 0.2) is 12.1 Å². The van der Waals surface area contributed by atoms with Crippen LogP contribution < -0.4 is 9.47 Å². The molecule has 9 heteroatoms. The minimum absolute atomic E-state index is 0.000494. The van der Waals surface area contributed by atoms with Crippen LogP contribution in [0.3, 0.4) is 0 Å². The molecule has 1 aromatic rings. The Labute approximate surface area is 150 Å². The first-order chi connectivity index (χ1) is 12.5. The molecule has 0 atom stereocenters. The number of hydrogen-bond donors (Lipinski definition) is 0. The molecule has 0 unspecified atom stereocenters. The number of nitro benzene ring substituents is 1. The van der Waals surface area contributed by atoms with E-state index in [4.69, 9.17) is 18.9 Å². The van der Waals surface area contributed by atoms with E-state index < -0.39 is 4.92 Å². The van der Waals surface area contributed by atoms with Crippen LogP contribution in [0.1, 0.15) is 23.2 Å². The van der Waals surface area contributed by atoms with Gasteiger partial charge in [0.15, 0.2) is 17.8 Å². The van der Waals surface area contributed by atoms with Crippen LogP contribution in [-0.2, 0) is 9.47 Å². The van der Waals surface area contributed by atoms with E-state index in [0.29, 0.717) is 26.3 Å². The lowest BCUT2D eigenvalue weighted by Crippen LogP contribution is -2.41. The van der Waals surface area contributed by atoms with Gasteiger partial charge in [-0.05, 0) is 12.8 Å². The van der Waals surface area contributed by atoms with E-state index >= 15 is 0 Å². The molecular formula is C17H22N2O7. The molecule has 0 aliphatic carbocycles. The number of methoxy groups -OCH3 is 2. The van der Waals surface area contributed by atoms with Crippen molar-refractivity contribution >= 4 is 11.6 Å². The van der Waals surface area contributed by atoms with Crippen molar-refractivity contribution in [2.75, 3.05) is 40.5 Å². The van der Waals surface area contributed by atoms with Gasteiger partial charge in [-0.25, -0.2) is 0 Å². The zero-order valence-corrected chi connectivity index (χ0v) is 14.8. The second kappa shape index (κ2) is 7.88. The molecule has 1 aromatic carbocycles. The fraction of sp³-hybridized carbons (Fsp3) is 0.588. The van der Waals surface area contributed by atoms with Crippen molar-refractivity contribution in [1.29, 1.82) is 0 Å². The number of ether oxygens (including phenoxy) is 4. The molecule has 0 bridgehead atoms. The highest BCUT2D eigenvalue weighted by Gasteiger charge is 2.34. The Kier molecular flexibility index (Phi) is 5.58. The van der Waals surface area contributed by atoms with Crippen LogP contribution >= 0.6 is 0 Å². The molecule has 0 aromatic heterocycles. The Morgan fingerprint density at radius 2 is 1.73 bits per heavy atom. The lowest BCUT2D eigenvalue weighted by atomic mass is 9.95. The third-order valence-electron chi connectivity index (χ3n) is 4.79. The monoisotopic (exact) mass is 366 g/mol. The van der Waals surface area contributed by atoms with Crippen LogP contribution in [0.25, 0.3) is 0 Å². The number of nitro groups is 1. The van der Waals surface area contributed by atoms with Crippen molar-refractivity contribution in [1.82, 2.24) is 4.90 Å². The Morgan fingerprint density at radius 3 is 2.27 bits per heavy atom. The molecule has 2 fully saturated rings. The number of amides is 1. The van der Waals surface area contributed by atoms with Crippen molar-refractivity contribution in [3.63, 3.8) is 0 Å². The number of benzene rings is 1. The lowest BCUT2D eigenvalue weighted by molar-refractivity contribution is -0.385. The van der Waals surface area contributed by atoms with E-state index in [1.54, 1.807) is 4.90 Å². The number of carbonyl (C=O) groups is 1. The van der Waals surface area contributed by atoms with E-state index in [-0.39, 0.29) is 40.9 Å². The summed E-state index contributed by atoms with van der Waals surface area (Å²) < 4.78 is 21.3. The van der Waals surface area contributed by atoms with E-state index in [2.05, 4.69) is 0 Å². The average Bonchev–Trinajstić information content (AvgIpc) is 3.21. The molecular weight excluding hydrogens is 344 g/mol. The Balaban J connectivity index is 1.78. The fourth-order valence-corrected chi connectivity index (χ4v) is 3.38. The number of nitrogens with zero attached hydrogens (tertiary/aromatic N) is 2. The van der Waals surface area contributed by atoms with Gasteiger partial charge in [-0.15, -0.1) is 0 Å². The summed E-state index contributed by atoms with van der Waals surface area (Å²) in [6.45, 7) is 2.19. The van der Waals surface area contributed by atoms with Crippen molar-refractivity contribution in [3.05, 3.63) is 27.8 Å². The molecule has 3 rings (SSSR count). The molecule has 2 heterocycles. The molecule has 0 saturated carbocycles. The molecule has 26 heavy (non-hydrogen) atoms. The third kappa shape index (κ3) is 3.58. The summed E-state index contributed by atoms with van der Waals surface area (Å²) in [6.07, 6.45) is 1.26. The molecule has 0 N–H and O–H groups in total. The lowest BCUT2D eigenvalue weighted by Gasteiger charge is -2.33. The standard InChI is InChI=1S/C17H22N2O7/c1-23-14-9-12(13(19(21)22)10-15(14)24-2)16(20)18-5-3-11(4-6-18)17-25-7-8-26-17/h9-11,17H,3-8H2,1-2H3. The topological polar surface area (TPSA) is 100 Å². The quantitative estimate of drug-likeness (QED) is 0.579. The second-order valence-corrected chi connectivity index (χ2v) is 6.22. The van der Waals surface area contributed by atoms with Gasteiger partial charge in [0.05, 0.1) is 38.4 Å². The van der Waals surface area contributed by atoms with Gasteiger partial charge in [0.1, 0.15) is 5.56 Å². The minimum atomic E-state index is -0.581. The van der Waals surface area contributed by atoms with Crippen molar-refractivity contribution in [3.8, 4) is 11.5 Å². The predicted molar refractivity (Wildman–Crippen MR) is 90.5 cm³/mol. The first-order valence-electron chi connectivity index (χ1n) is 8.48. The van der Waals surface area contributed by atoms with Gasteiger partial charge in [-0.2, -0.15) is 0 Å². The van der Waals surface area contributed by atoms with Crippen molar-refractivity contribution in [2.45, 2.75) is 19.1 Å². The Morgan fingerprint density at radius 1 is 1.15 bits per heavy atom. The zero-order chi connectivity index (χ0) is 18.7. The third-order valence-corrected chi connectivity index (χ3v) is 4.79. The normalized spacial score (nSPS) is 18.8. The van der Waals surface area contributed by atoms with E-state index in [1.165, 1.54) is 26.4 Å². The van der Waals surface area contributed by atoms with E-state index in [1.807, 2.05) is 0 Å². The maximum absolute atomic E-state index is 12.9. The number of likely N-dealkylation sites (tertiary alicyclic amines) is 1. The first kappa shape index (κ1) is 18.4. The number of carbonyl (C=O) groups excluding carboxylic acids is 1. The maximum atomic E-state index is 12.9. The first-order valence-corrected chi connectivity index (χ1v) is 8.48. The zero-order valence-electron chi connectivity index (χ0n) is 14.8. The second-order valence-electron chi connectivity index (χ2n) is 6.22. The van der Waals surface area contributed by atoms with Gasteiger partial charge < -0.3 is 23.8 Å². The van der Waals surface area contributed by atoms with Gasteiger partial charge in [-0.3, -0.25) is 14.9 Å². The largest absolute Gasteiger partial charge is 0.493 e. The van der Waals surface area contributed by atoms with Gasteiger partial charge in [0.25, 0.3) is 11.6 Å². The SMILES string of the molecule is COc1cc(C(=O)N2CCC(C3OCCO3)CC2)c([N+](=O)[O-])cc1OC.